The topological polar surface area (TPSA) is 28.6 Å². The summed E-state index contributed by atoms with van der Waals surface area (Å²) in [5.41, 5.74) is 1.17. The van der Waals surface area contributed by atoms with Crippen LogP contribution in [0.2, 0.25) is 0 Å². The van der Waals surface area contributed by atoms with E-state index >= 15 is 0 Å². The molecule has 4 rings (SSSR count). The average molecular weight is 287 g/mol. The zero-order valence-electron chi connectivity index (χ0n) is 12.7. The lowest BCUT2D eigenvalue weighted by atomic mass is 10.1. The van der Waals surface area contributed by atoms with Gasteiger partial charge >= 0.3 is 0 Å². The van der Waals surface area contributed by atoms with Gasteiger partial charge in [0.25, 0.3) is 0 Å². The molecule has 4 heteroatoms. The van der Waals surface area contributed by atoms with E-state index in [2.05, 4.69) is 26.9 Å². The van der Waals surface area contributed by atoms with Crippen molar-refractivity contribution in [1.29, 1.82) is 0 Å². The van der Waals surface area contributed by atoms with Crippen LogP contribution in [0.25, 0.3) is 0 Å². The Morgan fingerprint density at radius 1 is 1.14 bits per heavy atom. The Bertz CT molecular complexity index is 462. The van der Waals surface area contributed by atoms with Crippen molar-refractivity contribution in [1.82, 2.24) is 14.8 Å². The van der Waals surface area contributed by atoms with Crippen molar-refractivity contribution in [2.45, 2.75) is 25.5 Å². The molecule has 0 radical (unpaired) electrons. The van der Waals surface area contributed by atoms with Crippen LogP contribution in [-0.4, -0.2) is 60.2 Å². The third-order valence-corrected chi connectivity index (χ3v) is 5.01. The summed E-state index contributed by atoms with van der Waals surface area (Å²) in [5, 5.41) is 0. The van der Waals surface area contributed by atoms with Gasteiger partial charge in [0, 0.05) is 51.4 Å². The molecule has 3 heterocycles. The van der Waals surface area contributed by atoms with Gasteiger partial charge in [-0.2, -0.15) is 0 Å². The number of nitrogens with zero attached hydrogens (tertiary/aromatic N) is 3. The van der Waals surface area contributed by atoms with Crippen LogP contribution in [0.1, 0.15) is 18.5 Å². The van der Waals surface area contributed by atoms with E-state index in [0.29, 0.717) is 12.0 Å². The van der Waals surface area contributed by atoms with Crippen molar-refractivity contribution in [3.05, 3.63) is 30.1 Å². The van der Waals surface area contributed by atoms with Gasteiger partial charge in [0.1, 0.15) is 0 Å². The Hall–Kier alpha value is -0.970. The third-order valence-electron chi connectivity index (χ3n) is 5.01. The minimum atomic E-state index is 0.429. The molecule has 0 amide bonds. The summed E-state index contributed by atoms with van der Waals surface area (Å²) in [6, 6.07) is 6.18. The zero-order valence-corrected chi connectivity index (χ0v) is 12.7. The molecule has 2 saturated heterocycles. The first kappa shape index (κ1) is 13.7. The molecule has 0 spiro atoms. The molecule has 21 heavy (non-hydrogen) atoms. The summed E-state index contributed by atoms with van der Waals surface area (Å²) in [6.45, 7) is 7.74. The third kappa shape index (κ3) is 3.44. The predicted molar refractivity (Wildman–Crippen MR) is 81.9 cm³/mol. The molecule has 1 aromatic heterocycles. The summed E-state index contributed by atoms with van der Waals surface area (Å²) in [6.07, 6.45) is 5.20. The number of aromatic nitrogens is 1. The van der Waals surface area contributed by atoms with E-state index in [4.69, 9.17) is 4.74 Å². The molecule has 1 saturated carbocycles. The number of pyridine rings is 1. The summed E-state index contributed by atoms with van der Waals surface area (Å²) in [4.78, 5) is 9.61. The second kappa shape index (κ2) is 6.03. The SMILES string of the molecule is c1ccc(CN2C[C@@H]3CN(CC4CC4)CCO[C@@H]3C2)nc1. The minimum absolute atomic E-state index is 0.429. The first-order chi connectivity index (χ1) is 10.4. The van der Waals surface area contributed by atoms with Crippen molar-refractivity contribution in [3.8, 4) is 0 Å². The number of ether oxygens (including phenoxy) is 1. The molecular weight excluding hydrogens is 262 g/mol. The lowest BCUT2D eigenvalue weighted by Crippen LogP contribution is -2.34. The minimum Gasteiger partial charge on any atom is -0.375 e. The molecule has 2 atom stereocenters. The predicted octanol–water partition coefficient (Wildman–Crippen LogP) is 1.62. The lowest BCUT2D eigenvalue weighted by molar-refractivity contribution is 0.0510. The summed E-state index contributed by atoms with van der Waals surface area (Å²) in [5.74, 6) is 1.66. The quantitative estimate of drug-likeness (QED) is 0.841. The van der Waals surface area contributed by atoms with Crippen molar-refractivity contribution >= 4 is 0 Å². The molecule has 0 aromatic carbocycles. The lowest BCUT2D eigenvalue weighted by Gasteiger charge is -2.23. The molecule has 0 N–H and O–H groups in total. The molecular formula is C17H25N3O. The highest BCUT2D eigenvalue weighted by molar-refractivity contribution is 5.04. The fourth-order valence-electron chi connectivity index (χ4n) is 3.73. The van der Waals surface area contributed by atoms with E-state index in [9.17, 15) is 0 Å². The van der Waals surface area contributed by atoms with E-state index in [1.54, 1.807) is 0 Å². The highest BCUT2D eigenvalue weighted by atomic mass is 16.5. The fraction of sp³-hybridized carbons (Fsp3) is 0.706. The smallest absolute Gasteiger partial charge is 0.0755 e. The van der Waals surface area contributed by atoms with Gasteiger partial charge in [-0.25, -0.2) is 0 Å². The van der Waals surface area contributed by atoms with Crippen LogP contribution < -0.4 is 0 Å². The molecule has 2 aliphatic heterocycles. The van der Waals surface area contributed by atoms with E-state index in [1.165, 1.54) is 31.6 Å². The molecule has 0 unspecified atom stereocenters. The van der Waals surface area contributed by atoms with Crippen molar-refractivity contribution in [2.75, 3.05) is 39.3 Å². The normalized spacial score (nSPS) is 31.0. The van der Waals surface area contributed by atoms with Gasteiger partial charge in [-0.1, -0.05) is 6.07 Å². The maximum Gasteiger partial charge on any atom is 0.0755 e. The largest absolute Gasteiger partial charge is 0.375 e. The van der Waals surface area contributed by atoms with Crippen molar-refractivity contribution in [2.24, 2.45) is 11.8 Å². The molecule has 3 aliphatic rings. The van der Waals surface area contributed by atoms with Gasteiger partial charge in [-0.15, -0.1) is 0 Å². The number of rotatable bonds is 4. The van der Waals surface area contributed by atoms with Crippen molar-refractivity contribution < 1.29 is 4.74 Å². The molecule has 4 nitrogen and oxygen atoms in total. The Balaban J connectivity index is 1.35. The zero-order chi connectivity index (χ0) is 14.1. The first-order valence-electron chi connectivity index (χ1n) is 8.33. The summed E-state index contributed by atoms with van der Waals surface area (Å²) < 4.78 is 6.12. The van der Waals surface area contributed by atoms with Crippen LogP contribution in [0.5, 0.6) is 0 Å². The van der Waals surface area contributed by atoms with Crippen LogP contribution in [0.15, 0.2) is 24.4 Å². The monoisotopic (exact) mass is 287 g/mol. The summed E-state index contributed by atoms with van der Waals surface area (Å²) in [7, 11) is 0. The van der Waals surface area contributed by atoms with Crippen LogP contribution in [0.3, 0.4) is 0 Å². The highest BCUT2D eigenvalue weighted by Crippen LogP contribution is 2.31. The van der Waals surface area contributed by atoms with Gasteiger partial charge in [-0.05, 0) is 30.9 Å². The van der Waals surface area contributed by atoms with Crippen molar-refractivity contribution in [3.63, 3.8) is 0 Å². The second-order valence-electron chi connectivity index (χ2n) is 6.89. The fourth-order valence-corrected chi connectivity index (χ4v) is 3.73. The number of hydrogen-bond donors (Lipinski definition) is 0. The molecule has 3 fully saturated rings. The molecule has 1 aliphatic carbocycles. The van der Waals surface area contributed by atoms with Crippen LogP contribution in [-0.2, 0) is 11.3 Å². The Labute approximate surface area is 127 Å². The Morgan fingerprint density at radius 2 is 2.05 bits per heavy atom. The summed E-state index contributed by atoms with van der Waals surface area (Å²) >= 11 is 0. The van der Waals surface area contributed by atoms with Gasteiger partial charge in [0.2, 0.25) is 0 Å². The van der Waals surface area contributed by atoms with Gasteiger partial charge in [-0.3, -0.25) is 9.88 Å². The second-order valence-corrected chi connectivity index (χ2v) is 6.89. The maximum absolute atomic E-state index is 6.12. The Kier molecular flexibility index (Phi) is 3.93. The maximum atomic E-state index is 6.12. The molecule has 114 valence electrons. The van der Waals surface area contributed by atoms with Crippen LogP contribution in [0, 0.1) is 11.8 Å². The molecule has 1 aromatic rings. The van der Waals surface area contributed by atoms with E-state index in [1.807, 2.05) is 12.3 Å². The van der Waals surface area contributed by atoms with Crippen LogP contribution >= 0.6 is 0 Å². The van der Waals surface area contributed by atoms with Gasteiger partial charge in [0.05, 0.1) is 18.4 Å². The number of fused-ring (bicyclic) bond motifs is 1. The molecule has 0 bridgehead atoms. The highest BCUT2D eigenvalue weighted by Gasteiger charge is 2.37. The standard InChI is InChI=1S/C17H25N3O/c1-2-6-18-16(3-1)12-20-11-15-10-19(9-14-4-5-14)7-8-21-17(15)13-20/h1-3,6,14-15,17H,4-5,7-13H2/t15-,17+/m0/s1. The Morgan fingerprint density at radius 3 is 2.86 bits per heavy atom. The average Bonchev–Trinajstić information content (AvgIpc) is 3.26. The van der Waals surface area contributed by atoms with Gasteiger partial charge < -0.3 is 9.64 Å². The number of hydrogen-bond acceptors (Lipinski definition) is 4. The van der Waals surface area contributed by atoms with E-state index in [-0.39, 0.29) is 0 Å². The van der Waals surface area contributed by atoms with E-state index < -0.39 is 0 Å². The van der Waals surface area contributed by atoms with Gasteiger partial charge in [0.15, 0.2) is 0 Å². The van der Waals surface area contributed by atoms with E-state index in [0.717, 1.165) is 38.7 Å². The van der Waals surface area contributed by atoms with Crippen LogP contribution in [0.4, 0.5) is 0 Å². The number of likely N-dealkylation sites (tertiary alicyclic amines) is 1. The first-order valence-corrected chi connectivity index (χ1v) is 8.33.